The molecule has 21 heavy (non-hydrogen) atoms. The molecule has 1 atom stereocenters. The summed E-state index contributed by atoms with van der Waals surface area (Å²) < 4.78 is 27.2. The standard InChI is InChI=1S/C13H27N5O2S/c1-4-18(5-2)8-6-7-11(3)17-21(19,20)13-12(9-14)10-15-16-13/h10-11,17H,4-9,14H2,1-3H3,(H,15,16). The van der Waals surface area contributed by atoms with Crippen LogP contribution in [0.4, 0.5) is 0 Å². The molecule has 1 aromatic heterocycles. The Hall–Kier alpha value is -0.960. The van der Waals surface area contributed by atoms with Crippen molar-refractivity contribution in [3.8, 4) is 0 Å². The first-order valence-corrected chi connectivity index (χ1v) is 8.89. The van der Waals surface area contributed by atoms with Crippen LogP contribution in [0.15, 0.2) is 11.2 Å². The Labute approximate surface area is 127 Å². The fourth-order valence-electron chi connectivity index (χ4n) is 2.22. The number of aromatic nitrogens is 2. The van der Waals surface area contributed by atoms with E-state index in [4.69, 9.17) is 5.73 Å². The molecule has 0 aliphatic heterocycles. The topological polar surface area (TPSA) is 104 Å². The maximum Gasteiger partial charge on any atom is 0.258 e. The number of nitrogens with two attached hydrogens (primary N) is 1. The van der Waals surface area contributed by atoms with Crippen molar-refractivity contribution < 1.29 is 8.42 Å². The van der Waals surface area contributed by atoms with E-state index in [-0.39, 0.29) is 17.6 Å². The van der Waals surface area contributed by atoms with Gasteiger partial charge in [-0.1, -0.05) is 13.8 Å². The monoisotopic (exact) mass is 317 g/mol. The Morgan fingerprint density at radius 3 is 2.67 bits per heavy atom. The number of aromatic amines is 1. The zero-order valence-corrected chi connectivity index (χ0v) is 13.9. The molecule has 0 aliphatic rings. The van der Waals surface area contributed by atoms with Crippen LogP contribution in [0.1, 0.15) is 39.2 Å². The van der Waals surface area contributed by atoms with E-state index in [1.807, 2.05) is 6.92 Å². The van der Waals surface area contributed by atoms with E-state index in [9.17, 15) is 8.42 Å². The number of hydrogen-bond donors (Lipinski definition) is 3. The molecular formula is C13H27N5O2S. The molecule has 1 unspecified atom stereocenters. The molecule has 4 N–H and O–H groups in total. The highest BCUT2D eigenvalue weighted by Gasteiger charge is 2.22. The van der Waals surface area contributed by atoms with Gasteiger partial charge in [-0.25, -0.2) is 13.1 Å². The van der Waals surface area contributed by atoms with Crippen LogP contribution in [0, 0.1) is 0 Å². The van der Waals surface area contributed by atoms with Gasteiger partial charge in [-0.05, 0) is 39.4 Å². The second kappa shape index (κ2) is 8.47. The van der Waals surface area contributed by atoms with Crippen LogP contribution in [0.5, 0.6) is 0 Å². The third-order valence-corrected chi connectivity index (χ3v) is 5.13. The lowest BCUT2D eigenvalue weighted by Crippen LogP contribution is -2.34. The van der Waals surface area contributed by atoms with E-state index in [1.54, 1.807) is 0 Å². The largest absolute Gasteiger partial charge is 0.326 e. The fraction of sp³-hybridized carbons (Fsp3) is 0.769. The third-order valence-electron chi connectivity index (χ3n) is 3.53. The van der Waals surface area contributed by atoms with Crippen LogP contribution < -0.4 is 10.5 Å². The minimum Gasteiger partial charge on any atom is -0.326 e. The molecular weight excluding hydrogens is 290 g/mol. The molecule has 1 heterocycles. The normalized spacial score (nSPS) is 13.8. The van der Waals surface area contributed by atoms with Crippen molar-refractivity contribution >= 4 is 10.0 Å². The summed E-state index contributed by atoms with van der Waals surface area (Å²) in [5.74, 6) is 0. The van der Waals surface area contributed by atoms with Gasteiger partial charge < -0.3 is 10.6 Å². The minimum atomic E-state index is -3.58. The average molecular weight is 317 g/mol. The molecule has 0 aromatic carbocycles. The molecule has 1 aromatic rings. The quantitative estimate of drug-likeness (QED) is 0.588. The second-order valence-electron chi connectivity index (χ2n) is 5.12. The molecule has 0 saturated heterocycles. The molecule has 0 saturated carbocycles. The molecule has 7 nitrogen and oxygen atoms in total. The van der Waals surface area contributed by atoms with E-state index < -0.39 is 10.0 Å². The molecule has 0 amide bonds. The molecule has 0 aliphatic carbocycles. The number of sulfonamides is 1. The average Bonchev–Trinajstić information content (AvgIpc) is 2.92. The van der Waals surface area contributed by atoms with Crippen molar-refractivity contribution in [3.05, 3.63) is 11.8 Å². The number of H-pyrrole nitrogens is 1. The highest BCUT2D eigenvalue weighted by molar-refractivity contribution is 7.89. The summed E-state index contributed by atoms with van der Waals surface area (Å²) >= 11 is 0. The van der Waals surface area contributed by atoms with Crippen LogP contribution in [0.2, 0.25) is 0 Å². The third kappa shape index (κ3) is 5.39. The molecule has 0 fully saturated rings. The second-order valence-corrected chi connectivity index (χ2v) is 6.77. The van der Waals surface area contributed by atoms with Gasteiger partial charge in [0.25, 0.3) is 10.0 Å². The summed E-state index contributed by atoms with van der Waals surface area (Å²) in [4.78, 5) is 2.32. The molecule has 122 valence electrons. The smallest absolute Gasteiger partial charge is 0.258 e. The summed E-state index contributed by atoms with van der Waals surface area (Å²) in [6.45, 7) is 9.29. The highest BCUT2D eigenvalue weighted by atomic mass is 32.2. The summed E-state index contributed by atoms with van der Waals surface area (Å²) in [5.41, 5.74) is 6.01. The first-order valence-electron chi connectivity index (χ1n) is 7.41. The number of nitrogens with zero attached hydrogens (tertiary/aromatic N) is 2. The molecule has 0 spiro atoms. The van der Waals surface area contributed by atoms with E-state index in [1.165, 1.54) is 6.20 Å². The summed E-state index contributed by atoms with van der Waals surface area (Å²) in [5, 5.41) is 6.32. The fourth-order valence-corrected chi connectivity index (χ4v) is 3.64. The van der Waals surface area contributed by atoms with Crippen LogP contribution in [0.25, 0.3) is 0 Å². The van der Waals surface area contributed by atoms with Crippen molar-refractivity contribution in [3.63, 3.8) is 0 Å². The summed E-state index contributed by atoms with van der Waals surface area (Å²) in [7, 11) is -3.58. The maximum atomic E-state index is 12.2. The number of nitrogens with one attached hydrogen (secondary N) is 2. The van der Waals surface area contributed by atoms with Gasteiger partial charge in [0.05, 0.1) is 6.20 Å². The van der Waals surface area contributed by atoms with Gasteiger partial charge in [0.15, 0.2) is 5.03 Å². The van der Waals surface area contributed by atoms with Crippen molar-refractivity contribution in [1.29, 1.82) is 0 Å². The zero-order valence-electron chi connectivity index (χ0n) is 13.1. The highest BCUT2D eigenvalue weighted by Crippen LogP contribution is 2.12. The van der Waals surface area contributed by atoms with Gasteiger partial charge >= 0.3 is 0 Å². The molecule has 8 heteroatoms. The SMILES string of the molecule is CCN(CC)CCCC(C)NS(=O)(=O)c1[nH]ncc1CN. The van der Waals surface area contributed by atoms with Crippen LogP contribution in [-0.2, 0) is 16.6 Å². The van der Waals surface area contributed by atoms with Crippen molar-refractivity contribution in [2.45, 2.75) is 51.2 Å². The van der Waals surface area contributed by atoms with Crippen molar-refractivity contribution in [1.82, 2.24) is 19.8 Å². The predicted octanol–water partition coefficient (Wildman–Crippen LogP) is 0.657. The number of rotatable bonds is 10. The van der Waals surface area contributed by atoms with Gasteiger partial charge in [-0.2, -0.15) is 5.10 Å². The lowest BCUT2D eigenvalue weighted by Gasteiger charge is -2.19. The zero-order chi connectivity index (χ0) is 15.9. The molecule has 1 rings (SSSR count). The van der Waals surface area contributed by atoms with E-state index in [0.717, 1.165) is 32.5 Å². The van der Waals surface area contributed by atoms with Crippen molar-refractivity contribution in [2.24, 2.45) is 5.73 Å². The van der Waals surface area contributed by atoms with E-state index in [2.05, 4.69) is 33.7 Å². The first kappa shape index (κ1) is 18.1. The number of hydrogen-bond acceptors (Lipinski definition) is 5. The van der Waals surface area contributed by atoms with Gasteiger partial charge in [0.2, 0.25) is 0 Å². The van der Waals surface area contributed by atoms with Gasteiger partial charge in [-0.15, -0.1) is 0 Å². The Morgan fingerprint density at radius 2 is 2.10 bits per heavy atom. The van der Waals surface area contributed by atoms with Crippen LogP contribution >= 0.6 is 0 Å². The molecule has 0 radical (unpaired) electrons. The Balaban J connectivity index is 2.52. The maximum absolute atomic E-state index is 12.2. The van der Waals surface area contributed by atoms with Gasteiger partial charge in [0.1, 0.15) is 0 Å². The Bertz CT molecular complexity index is 510. The van der Waals surface area contributed by atoms with Crippen LogP contribution in [0.3, 0.4) is 0 Å². The Morgan fingerprint density at radius 1 is 1.43 bits per heavy atom. The summed E-state index contributed by atoms with van der Waals surface area (Å²) in [6.07, 6.45) is 3.19. The predicted molar refractivity (Wildman–Crippen MR) is 83.3 cm³/mol. The van der Waals surface area contributed by atoms with Crippen molar-refractivity contribution in [2.75, 3.05) is 19.6 Å². The lowest BCUT2D eigenvalue weighted by molar-refractivity contribution is 0.293. The van der Waals surface area contributed by atoms with Gasteiger partial charge in [0, 0.05) is 18.2 Å². The first-order chi connectivity index (χ1) is 9.94. The minimum absolute atomic E-state index is 0.0700. The molecule has 0 bridgehead atoms. The van der Waals surface area contributed by atoms with E-state index >= 15 is 0 Å². The Kier molecular flexibility index (Phi) is 7.30. The van der Waals surface area contributed by atoms with E-state index in [0.29, 0.717) is 5.56 Å². The lowest BCUT2D eigenvalue weighted by atomic mass is 10.2. The van der Waals surface area contributed by atoms with Gasteiger partial charge in [-0.3, -0.25) is 5.10 Å². The van der Waals surface area contributed by atoms with Crippen LogP contribution in [-0.4, -0.2) is 49.2 Å². The summed E-state index contributed by atoms with van der Waals surface area (Å²) in [6, 6.07) is -0.125.